The van der Waals surface area contributed by atoms with Crippen LogP contribution in [0.4, 0.5) is 0 Å². The normalized spacial score (nSPS) is 21.0. The first-order valence-electron chi connectivity index (χ1n) is 6.31. The molecular formula is C15H15BrClNO. The fourth-order valence-corrected chi connectivity index (χ4v) is 2.96. The van der Waals surface area contributed by atoms with Crippen LogP contribution >= 0.6 is 27.5 Å². The molecule has 1 aliphatic heterocycles. The zero-order chi connectivity index (χ0) is 13.8. The van der Waals surface area contributed by atoms with E-state index in [1.54, 1.807) is 0 Å². The van der Waals surface area contributed by atoms with Crippen molar-refractivity contribution in [1.82, 2.24) is 4.98 Å². The monoisotopic (exact) mass is 339 g/mol. The number of hydrogen-bond donors (Lipinski definition) is 0. The van der Waals surface area contributed by atoms with E-state index in [2.05, 4.69) is 35.0 Å². The second-order valence-electron chi connectivity index (χ2n) is 5.24. The van der Waals surface area contributed by atoms with Crippen molar-refractivity contribution in [2.45, 2.75) is 37.1 Å². The molecule has 0 N–H and O–H groups in total. The molecule has 0 aliphatic carbocycles. The lowest BCUT2D eigenvalue weighted by Gasteiger charge is -2.21. The maximum atomic E-state index is 6.34. The van der Waals surface area contributed by atoms with Crippen molar-refractivity contribution in [3.8, 4) is 5.75 Å². The van der Waals surface area contributed by atoms with Crippen LogP contribution < -0.4 is 4.74 Å². The van der Waals surface area contributed by atoms with Crippen LogP contribution in [0.2, 0.25) is 0 Å². The Hall–Kier alpha value is -0.800. The summed E-state index contributed by atoms with van der Waals surface area (Å²) in [5.41, 5.74) is 4.40. The Balaban J connectivity index is 2.22. The van der Waals surface area contributed by atoms with E-state index in [0.29, 0.717) is 0 Å². The number of para-hydroxylation sites is 1. The standard InChI is InChI=1S/C15H15BrClNO/c1-8-5-4-6-10-13(8)18-9(2)11-7-12(15(3,16)17)19-14(10)11/h4-6,12H,7H2,1-3H3/t12-,15+/m0/s1. The third-order valence-electron chi connectivity index (χ3n) is 3.69. The van der Waals surface area contributed by atoms with Gasteiger partial charge in [-0.05, 0) is 32.4 Å². The predicted molar refractivity (Wildman–Crippen MR) is 82.5 cm³/mol. The summed E-state index contributed by atoms with van der Waals surface area (Å²) in [6.07, 6.45) is 0.722. The zero-order valence-corrected chi connectivity index (χ0v) is 13.5. The molecule has 1 aromatic heterocycles. The number of halogens is 2. The molecule has 2 heterocycles. The molecule has 0 unspecified atom stereocenters. The van der Waals surface area contributed by atoms with Crippen LogP contribution in [0.15, 0.2) is 18.2 Å². The Morgan fingerprint density at radius 3 is 2.84 bits per heavy atom. The summed E-state index contributed by atoms with van der Waals surface area (Å²) in [7, 11) is 0. The molecule has 0 fully saturated rings. The fourth-order valence-electron chi connectivity index (χ4n) is 2.58. The molecular weight excluding hydrogens is 326 g/mol. The van der Waals surface area contributed by atoms with E-state index in [0.717, 1.165) is 28.8 Å². The number of nitrogens with zero attached hydrogens (tertiary/aromatic N) is 1. The summed E-state index contributed by atoms with van der Waals surface area (Å²) in [5, 5.41) is 1.08. The van der Waals surface area contributed by atoms with Crippen LogP contribution in [-0.2, 0) is 6.42 Å². The molecule has 4 heteroatoms. The number of pyridine rings is 1. The average molecular weight is 341 g/mol. The topological polar surface area (TPSA) is 22.1 Å². The summed E-state index contributed by atoms with van der Waals surface area (Å²) in [4.78, 5) is 4.72. The molecule has 0 saturated heterocycles. The van der Waals surface area contributed by atoms with Crippen molar-refractivity contribution >= 4 is 38.4 Å². The molecule has 1 aliphatic rings. The van der Waals surface area contributed by atoms with Gasteiger partial charge in [-0.1, -0.05) is 28.1 Å². The largest absolute Gasteiger partial charge is 0.486 e. The minimum absolute atomic E-state index is 0.0734. The molecule has 3 rings (SSSR count). The van der Waals surface area contributed by atoms with Crippen molar-refractivity contribution in [3.05, 3.63) is 35.0 Å². The van der Waals surface area contributed by atoms with Gasteiger partial charge in [0.05, 0.1) is 5.52 Å². The molecule has 19 heavy (non-hydrogen) atoms. The highest BCUT2D eigenvalue weighted by Gasteiger charge is 2.38. The highest BCUT2D eigenvalue weighted by molar-refractivity contribution is 9.10. The van der Waals surface area contributed by atoms with Gasteiger partial charge in [0.15, 0.2) is 0 Å². The van der Waals surface area contributed by atoms with Crippen molar-refractivity contribution in [1.29, 1.82) is 0 Å². The van der Waals surface area contributed by atoms with E-state index in [1.807, 2.05) is 19.9 Å². The molecule has 2 aromatic rings. The van der Waals surface area contributed by atoms with Crippen LogP contribution in [0.5, 0.6) is 5.75 Å². The third-order valence-corrected chi connectivity index (χ3v) is 4.44. The quantitative estimate of drug-likeness (QED) is 0.713. The van der Waals surface area contributed by atoms with E-state index in [4.69, 9.17) is 21.3 Å². The van der Waals surface area contributed by atoms with Gasteiger partial charge in [0.1, 0.15) is 15.6 Å². The Kier molecular flexibility index (Phi) is 3.02. The molecule has 2 nitrogen and oxygen atoms in total. The van der Waals surface area contributed by atoms with Crippen molar-refractivity contribution < 1.29 is 4.74 Å². The number of aromatic nitrogens is 1. The lowest BCUT2D eigenvalue weighted by Crippen LogP contribution is -2.31. The smallest absolute Gasteiger partial charge is 0.134 e. The van der Waals surface area contributed by atoms with Crippen LogP contribution in [-0.4, -0.2) is 14.9 Å². The number of alkyl halides is 2. The van der Waals surface area contributed by atoms with Gasteiger partial charge in [0, 0.05) is 23.1 Å². The minimum atomic E-state index is -0.561. The van der Waals surface area contributed by atoms with Gasteiger partial charge in [-0.2, -0.15) is 0 Å². The van der Waals surface area contributed by atoms with Gasteiger partial charge < -0.3 is 4.74 Å². The summed E-state index contributed by atoms with van der Waals surface area (Å²) >= 11 is 9.82. The first kappa shape index (κ1) is 13.2. The molecule has 0 amide bonds. The third kappa shape index (κ3) is 2.13. The van der Waals surface area contributed by atoms with Gasteiger partial charge in [0.25, 0.3) is 0 Å². The van der Waals surface area contributed by atoms with Crippen molar-refractivity contribution in [3.63, 3.8) is 0 Å². The maximum absolute atomic E-state index is 6.34. The SMILES string of the molecule is Cc1nc2c(C)cccc2c2c1C[C@@H]([C@@](C)(Cl)Br)O2. The van der Waals surface area contributed by atoms with Gasteiger partial charge in [-0.15, -0.1) is 11.6 Å². The number of aryl methyl sites for hydroxylation is 2. The molecule has 2 atom stereocenters. The number of fused-ring (bicyclic) bond motifs is 3. The van der Waals surface area contributed by atoms with Gasteiger partial charge in [0.2, 0.25) is 0 Å². The fraction of sp³-hybridized carbons (Fsp3) is 0.400. The van der Waals surface area contributed by atoms with E-state index in [1.165, 1.54) is 11.1 Å². The van der Waals surface area contributed by atoms with E-state index in [9.17, 15) is 0 Å². The van der Waals surface area contributed by atoms with E-state index in [-0.39, 0.29) is 6.10 Å². The van der Waals surface area contributed by atoms with E-state index < -0.39 is 3.78 Å². The van der Waals surface area contributed by atoms with Crippen molar-refractivity contribution in [2.75, 3.05) is 0 Å². The summed E-state index contributed by atoms with van der Waals surface area (Å²) in [6, 6.07) is 6.18. The molecule has 1 aromatic carbocycles. The van der Waals surface area contributed by atoms with E-state index >= 15 is 0 Å². The molecule has 0 spiro atoms. The number of benzene rings is 1. The first-order chi connectivity index (χ1) is 8.88. The zero-order valence-electron chi connectivity index (χ0n) is 11.1. The lowest BCUT2D eigenvalue weighted by atomic mass is 10.0. The Bertz CT molecular complexity index is 663. The van der Waals surface area contributed by atoms with Crippen LogP contribution in [0.25, 0.3) is 10.9 Å². The summed E-state index contributed by atoms with van der Waals surface area (Å²) in [5.74, 6) is 0.947. The maximum Gasteiger partial charge on any atom is 0.134 e. The van der Waals surface area contributed by atoms with Gasteiger partial charge in [-0.3, -0.25) is 4.98 Å². The average Bonchev–Trinajstić information content (AvgIpc) is 2.76. The van der Waals surface area contributed by atoms with Crippen LogP contribution in [0.3, 0.4) is 0 Å². The lowest BCUT2D eigenvalue weighted by molar-refractivity contribution is 0.225. The first-order valence-corrected chi connectivity index (χ1v) is 7.48. The van der Waals surface area contributed by atoms with Crippen LogP contribution in [0, 0.1) is 13.8 Å². The molecule has 100 valence electrons. The molecule has 0 radical (unpaired) electrons. The van der Waals surface area contributed by atoms with Gasteiger partial charge >= 0.3 is 0 Å². The summed E-state index contributed by atoms with van der Waals surface area (Å²) in [6.45, 7) is 6.03. The van der Waals surface area contributed by atoms with Crippen LogP contribution in [0.1, 0.15) is 23.7 Å². The number of rotatable bonds is 1. The Labute approximate surface area is 126 Å². The second-order valence-corrected chi connectivity index (χ2v) is 8.13. The molecule has 0 bridgehead atoms. The van der Waals surface area contributed by atoms with Gasteiger partial charge in [-0.25, -0.2) is 0 Å². The number of ether oxygens (including phenoxy) is 1. The minimum Gasteiger partial charge on any atom is -0.486 e. The van der Waals surface area contributed by atoms with Crippen molar-refractivity contribution in [2.24, 2.45) is 0 Å². The highest BCUT2D eigenvalue weighted by atomic mass is 79.9. The highest BCUT2D eigenvalue weighted by Crippen LogP contribution is 2.43. The number of hydrogen-bond acceptors (Lipinski definition) is 2. The second kappa shape index (κ2) is 4.35. The summed E-state index contributed by atoms with van der Waals surface area (Å²) < 4.78 is 5.54. The Morgan fingerprint density at radius 1 is 1.42 bits per heavy atom. The Morgan fingerprint density at radius 2 is 2.16 bits per heavy atom. The molecule has 0 saturated carbocycles. The predicted octanol–water partition coefficient (Wildman–Crippen LogP) is 4.51.